The SMILES string of the molecule is CCc1cc(SC)ccc1NCC#Cc1cc2c(NC3CN(C)CCC3F)cccc2n1CC(F)(F)F. The highest BCUT2D eigenvalue weighted by Gasteiger charge is 2.31. The predicted molar refractivity (Wildman–Crippen MR) is 145 cm³/mol. The van der Waals surface area contributed by atoms with Crippen LogP contribution in [0.4, 0.5) is 28.9 Å². The summed E-state index contributed by atoms with van der Waals surface area (Å²) in [4.78, 5) is 3.22. The van der Waals surface area contributed by atoms with Crippen molar-refractivity contribution in [2.24, 2.45) is 0 Å². The molecule has 0 spiro atoms. The minimum atomic E-state index is -4.41. The van der Waals surface area contributed by atoms with Crippen LogP contribution in [0.3, 0.4) is 0 Å². The van der Waals surface area contributed by atoms with E-state index < -0.39 is 24.9 Å². The first-order valence-corrected chi connectivity index (χ1v) is 13.6. The molecule has 2 atom stereocenters. The number of rotatable bonds is 7. The van der Waals surface area contributed by atoms with Gasteiger partial charge in [-0.2, -0.15) is 13.2 Å². The Balaban J connectivity index is 1.61. The van der Waals surface area contributed by atoms with Crippen LogP contribution in [0.1, 0.15) is 24.6 Å². The summed E-state index contributed by atoms with van der Waals surface area (Å²) in [6.45, 7) is 2.43. The van der Waals surface area contributed by atoms with E-state index in [1.807, 2.05) is 30.3 Å². The first-order valence-electron chi connectivity index (χ1n) is 12.4. The van der Waals surface area contributed by atoms with Crippen LogP contribution < -0.4 is 10.6 Å². The number of nitrogens with one attached hydrogen (secondary N) is 2. The molecule has 9 heteroatoms. The number of aromatic nitrogens is 1. The third-order valence-electron chi connectivity index (χ3n) is 6.63. The highest BCUT2D eigenvalue weighted by molar-refractivity contribution is 7.98. The zero-order valence-electron chi connectivity index (χ0n) is 21.3. The molecule has 0 radical (unpaired) electrons. The van der Waals surface area contributed by atoms with Crippen LogP contribution in [0, 0.1) is 11.8 Å². The van der Waals surface area contributed by atoms with Crippen LogP contribution in [0.2, 0.25) is 0 Å². The van der Waals surface area contributed by atoms with E-state index in [2.05, 4.69) is 35.5 Å². The van der Waals surface area contributed by atoms with E-state index in [1.54, 1.807) is 36.0 Å². The van der Waals surface area contributed by atoms with Gasteiger partial charge in [-0.3, -0.25) is 0 Å². The number of hydrogen-bond acceptors (Lipinski definition) is 4. The number of likely N-dealkylation sites (N-methyl/N-ethyl adjacent to an activating group) is 1. The molecular formula is C28H32F4N4S. The molecule has 4 nitrogen and oxygen atoms in total. The number of nitrogens with zero attached hydrogens (tertiary/aromatic N) is 2. The Morgan fingerprint density at radius 2 is 1.95 bits per heavy atom. The van der Waals surface area contributed by atoms with Gasteiger partial charge >= 0.3 is 6.18 Å². The van der Waals surface area contributed by atoms with Gasteiger partial charge in [-0.1, -0.05) is 18.9 Å². The molecule has 3 aromatic rings. The smallest absolute Gasteiger partial charge is 0.378 e. The maximum Gasteiger partial charge on any atom is 0.406 e. The lowest BCUT2D eigenvalue weighted by molar-refractivity contribution is -0.140. The molecule has 1 aliphatic rings. The number of anilines is 2. The van der Waals surface area contributed by atoms with Crippen LogP contribution >= 0.6 is 11.8 Å². The van der Waals surface area contributed by atoms with Crippen molar-refractivity contribution >= 4 is 34.0 Å². The Hall–Kier alpha value is -2.83. The number of likely N-dealkylation sites (tertiary alicyclic amines) is 1. The molecule has 1 saturated heterocycles. The summed E-state index contributed by atoms with van der Waals surface area (Å²) in [7, 11) is 1.93. The van der Waals surface area contributed by atoms with Crippen molar-refractivity contribution in [2.45, 2.75) is 49.6 Å². The predicted octanol–water partition coefficient (Wildman–Crippen LogP) is 6.41. The third kappa shape index (κ3) is 6.74. The second-order valence-electron chi connectivity index (χ2n) is 9.32. The van der Waals surface area contributed by atoms with Gasteiger partial charge in [-0.15, -0.1) is 11.8 Å². The standard InChI is InChI=1S/C28H32F4N4S/c1-4-19-15-21(37-3)10-11-24(19)33-13-6-7-20-16-22-25(34-26-17-35(2)14-12-23(26)29)8-5-9-27(22)36(20)18-28(30,31)32/h5,8-11,15-16,23,26,33-34H,4,12-14,17-18H2,1-3H3. The molecule has 4 rings (SSSR count). The second kappa shape index (κ2) is 11.7. The molecule has 2 aromatic carbocycles. The first kappa shape index (κ1) is 27.2. The Morgan fingerprint density at radius 1 is 1.14 bits per heavy atom. The van der Waals surface area contributed by atoms with Crippen molar-refractivity contribution in [1.82, 2.24) is 9.47 Å². The number of alkyl halides is 4. The number of benzene rings is 2. The summed E-state index contributed by atoms with van der Waals surface area (Å²) in [5, 5.41) is 7.14. The first-order chi connectivity index (χ1) is 17.7. The topological polar surface area (TPSA) is 32.2 Å². The van der Waals surface area contributed by atoms with Crippen LogP contribution in [0.25, 0.3) is 10.9 Å². The van der Waals surface area contributed by atoms with E-state index in [-0.39, 0.29) is 5.69 Å². The lowest BCUT2D eigenvalue weighted by atomic mass is 10.0. The summed E-state index contributed by atoms with van der Waals surface area (Å²) in [6, 6.07) is 12.5. The highest BCUT2D eigenvalue weighted by atomic mass is 32.2. The van der Waals surface area contributed by atoms with Gasteiger partial charge in [0.05, 0.1) is 23.8 Å². The second-order valence-corrected chi connectivity index (χ2v) is 10.2. The van der Waals surface area contributed by atoms with E-state index in [4.69, 9.17) is 0 Å². The van der Waals surface area contributed by atoms with Gasteiger partial charge in [0, 0.05) is 34.7 Å². The molecule has 0 bridgehead atoms. The Morgan fingerprint density at radius 3 is 2.68 bits per heavy atom. The molecule has 1 aliphatic heterocycles. The zero-order valence-corrected chi connectivity index (χ0v) is 22.1. The monoisotopic (exact) mass is 532 g/mol. The lowest BCUT2D eigenvalue weighted by Crippen LogP contribution is -2.47. The summed E-state index contributed by atoms with van der Waals surface area (Å²) >= 11 is 1.67. The third-order valence-corrected chi connectivity index (χ3v) is 7.36. The number of thioether (sulfide) groups is 1. The van der Waals surface area contributed by atoms with Crippen molar-refractivity contribution in [1.29, 1.82) is 0 Å². The Labute approximate surface area is 219 Å². The van der Waals surface area contributed by atoms with E-state index in [0.29, 0.717) is 42.6 Å². The number of piperidine rings is 1. The van der Waals surface area contributed by atoms with E-state index in [9.17, 15) is 17.6 Å². The summed E-state index contributed by atoms with van der Waals surface area (Å²) < 4.78 is 56.3. The molecule has 0 amide bonds. The fourth-order valence-electron chi connectivity index (χ4n) is 4.72. The van der Waals surface area contributed by atoms with Crippen molar-refractivity contribution in [3.05, 3.63) is 53.7 Å². The molecule has 37 heavy (non-hydrogen) atoms. The minimum Gasteiger partial charge on any atom is -0.378 e. The van der Waals surface area contributed by atoms with Gasteiger partial charge in [0.1, 0.15) is 12.7 Å². The number of aryl methyl sites for hydroxylation is 1. The van der Waals surface area contributed by atoms with Gasteiger partial charge in [0.25, 0.3) is 0 Å². The molecule has 198 valence electrons. The van der Waals surface area contributed by atoms with Gasteiger partial charge in [-0.25, -0.2) is 4.39 Å². The Bertz CT molecular complexity index is 1290. The van der Waals surface area contributed by atoms with Gasteiger partial charge in [-0.05, 0) is 74.0 Å². The van der Waals surface area contributed by atoms with E-state index in [0.717, 1.165) is 17.7 Å². The van der Waals surface area contributed by atoms with Crippen LogP contribution in [-0.2, 0) is 13.0 Å². The average molecular weight is 533 g/mol. The summed E-state index contributed by atoms with van der Waals surface area (Å²) in [6.07, 6.45) is -2.13. The van der Waals surface area contributed by atoms with E-state index in [1.165, 1.54) is 9.46 Å². The molecule has 0 aliphatic carbocycles. The van der Waals surface area contributed by atoms with E-state index >= 15 is 0 Å². The molecule has 2 unspecified atom stereocenters. The molecule has 0 saturated carbocycles. The van der Waals surface area contributed by atoms with Crippen LogP contribution in [0.15, 0.2) is 47.4 Å². The maximum atomic E-state index is 14.6. The molecular weight excluding hydrogens is 500 g/mol. The number of fused-ring (bicyclic) bond motifs is 1. The van der Waals surface area contributed by atoms with Crippen molar-refractivity contribution in [3.63, 3.8) is 0 Å². The summed E-state index contributed by atoms with van der Waals surface area (Å²) in [5.74, 6) is 5.93. The van der Waals surface area contributed by atoms with Crippen LogP contribution in [0.5, 0.6) is 0 Å². The van der Waals surface area contributed by atoms with Crippen molar-refractivity contribution in [3.8, 4) is 11.8 Å². The quantitative estimate of drug-likeness (QED) is 0.209. The normalized spacial score (nSPS) is 18.5. The zero-order chi connectivity index (χ0) is 26.6. The van der Waals surface area contributed by atoms with Crippen molar-refractivity contribution < 1.29 is 17.6 Å². The fraction of sp³-hybridized carbons (Fsp3) is 0.429. The maximum absolute atomic E-state index is 14.6. The van der Waals surface area contributed by atoms with Crippen molar-refractivity contribution in [2.75, 3.05) is 43.6 Å². The fourth-order valence-corrected chi connectivity index (χ4v) is 5.19. The lowest BCUT2D eigenvalue weighted by Gasteiger charge is -2.33. The number of hydrogen-bond donors (Lipinski definition) is 2. The summed E-state index contributed by atoms with van der Waals surface area (Å²) in [5.41, 5.74) is 3.43. The van der Waals surface area contributed by atoms with Gasteiger partial charge in [0.15, 0.2) is 0 Å². The Kier molecular flexibility index (Phi) is 8.60. The molecule has 1 aromatic heterocycles. The minimum absolute atomic E-state index is 0.273. The molecule has 2 N–H and O–H groups in total. The largest absolute Gasteiger partial charge is 0.406 e. The number of halogens is 4. The average Bonchev–Trinajstić information content (AvgIpc) is 3.20. The van der Waals surface area contributed by atoms with Gasteiger partial charge < -0.3 is 20.1 Å². The van der Waals surface area contributed by atoms with Gasteiger partial charge in [0.2, 0.25) is 0 Å². The molecule has 2 heterocycles. The highest BCUT2D eigenvalue weighted by Crippen LogP contribution is 2.31. The molecule has 1 fully saturated rings. The van der Waals surface area contributed by atoms with Crippen LogP contribution in [-0.4, -0.2) is 60.8 Å².